The molecule has 3 aromatic heterocycles. The standard InChI is InChI=1S/C43H26N4O/c1-2-13-28(14-3-1)41-44-42(30-17-10-16-29(26-30)32-21-11-15-27-12-4-5-18-31(27)32)46-43(45-41)47-37-22-8-6-19-33(37)35-24-25-36-34-20-7-9-23-38(34)48-40(36)39(35)47/h1-26H/i6D,7D,8D,9D,19D,20D,22D,23D,24D,25D. The van der Waals surface area contributed by atoms with Gasteiger partial charge >= 0.3 is 0 Å². The molecule has 0 radical (unpaired) electrons. The molecule has 224 valence electrons. The van der Waals surface area contributed by atoms with E-state index in [0.717, 1.165) is 21.9 Å². The van der Waals surface area contributed by atoms with Gasteiger partial charge in [-0.2, -0.15) is 9.97 Å². The van der Waals surface area contributed by atoms with Crippen LogP contribution in [-0.2, 0) is 0 Å². The van der Waals surface area contributed by atoms with E-state index in [4.69, 9.17) is 30.3 Å². The highest BCUT2D eigenvalue weighted by Crippen LogP contribution is 2.40. The molecule has 0 N–H and O–H groups in total. The molecule has 48 heavy (non-hydrogen) atoms. The first-order valence-electron chi connectivity index (χ1n) is 20.2. The smallest absolute Gasteiger partial charge is 0.238 e. The van der Waals surface area contributed by atoms with Gasteiger partial charge in [0, 0.05) is 32.7 Å². The molecule has 0 saturated carbocycles. The molecule has 0 unspecified atom stereocenters. The monoisotopic (exact) mass is 624 g/mol. The molecule has 10 rings (SSSR count). The minimum Gasteiger partial charge on any atom is -0.454 e. The summed E-state index contributed by atoms with van der Waals surface area (Å²) in [5.41, 5.74) is 2.64. The molecule has 0 spiro atoms. The molecule has 0 aliphatic rings. The van der Waals surface area contributed by atoms with Gasteiger partial charge < -0.3 is 4.42 Å². The van der Waals surface area contributed by atoms with Gasteiger partial charge in [0.1, 0.15) is 11.1 Å². The number of para-hydroxylation sites is 2. The third kappa shape index (κ3) is 4.08. The fraction of sp³-hybridized carbons (Fsp3) is 0. The largest absolute Gasteiger partial charge is 0.454 e. The van der Waals surface area contributed by atoms with Crippen molar-refractivity contribution in [2.75, 3.05) is 0 Å². The van der Waals surface area contributed by atoms with Crippen LogP contribution >= 0.6 is 0 Å². The minimum atomic E-state index is -0.557. The summed E-state index contributed by atoms with van der Waals surface area (Å²) in [6.07, 6.45) is 0. The zero-order valence-electron chi connectivity index (χ0n) is 34.9. The van der Waals surface area contributed by atoms with Gasteiger partial charge in [0.25, 0.3) is 0 Å². The maximum atomic E-state index is 9.33. The number of aromatic nitrogens is 4. The molecule has 5 heteroatoms. The van der Waals surface area contributed by atoms with E-state index in [1.165, 1.54) is 4.57 Å². The molecule has 0 fully saturated rings. The normalized spacial score (nSPS) is 14.7. The Morgan fingerprint density at radius 3 is 2.12 bits per heavy atom. The van der Waals surface area contributed by atoms with E-state index in [0.29, 0.717) is 11.1 Å². The SMILES string of the molecule is [2H]c1c([2H])c([2H])c2c(oc3c2c([2H])c([2H])c2c4c([2H])c([2H])c([2H])c([2H])c4n(-c4nc(-c5ccccc5)nc(-c5cccc(-c6cccc7ccccc67)c5)n4)c32)c1[2H]. The summed E-state index contributed by atoms with van der Waals surface area (Å²) in [5.74, 6) is 0.365. The maximum absolute atomic E-state index is 9.33. The van der Waals surface area contributed by atoms with Crippen LogP contribution in [0, 0.1) is 0 Å². The van der Waals surface area contributed by atoms with E-state index >= 15 is 0 Å². The van der Waals surface area contributed by atoms with Crippen molar-refractivity contribution < 1.29 is 18.1 Å². The number of hydrogen-bond donors (Lipinski definition) is 0. The predicted octanol–water partition coefficient (Wildman–Crippen LogP) is 11.0. The van der Waals surface area contributed by atoms with Crippen LogP contribution < -0.4 is 0 Å². The second-order valence-electron chi connectivity index (χ2n) is 11.3. The van der Waals surface area contributed by atoms with Crippen LogP contribution in [0.15, 0.2) is 162 Å². The van der Waals surface area contributed by atoms with Crippen molar-refractivity contribution in [3.8, 4) is 39.9 Å². The highest BCUT2D eigenvalue weighted by Gasteiger charge is 2.22. The van der Waals surface area contributed by atoms with Gasteiger partial charge in [-0.05, 0) is 46.1 Å². The number of benzene rings is 7. The maximum Gasteiger partial charge on any atom is 0.238 e. The van der Waals surface area contributed by atoms with Crippen LogP contribution in [0.2, 0.25) is 0 Å². The first-order chi connectivity index (χ1) is 28.0. The number of rotatable bonds is 4. The van der Waals surface area contributed by atoms with Crippen LogP contribution in [0.3, 0.4) is 0 Å². The summed E-state index contributed by atoms with van der Waals surface area (Å²) in [7, 11) is 0. The topological polar surface area (TPSA) is 56.7 Å². The molecule has 10 aromatic rings. The molecule has 0 saturated heterocycles. The molecule has 7 aromatic carbocycles. The second-order valence-corrected chi connectivity index (χ2v) is 11.3. The van der Waals surface area contributed by atoms with Crippen LogP contribution in [0.25, 0.3) is 94.4 Å². The first-order valence-corrected chi connectivity index (χ1v) is 15.2. The van der Waals surface area contributed by atoms with Gasteiger partial charge in [-0.25, -0.2) is 4.98 Å². The molecule has 0 amide bonds. The van der Waals surface area contributed by atoms with Crippen molar-refractivity contribution in [1.82, 2.24) is 19.5 Å². The fourth-order valence-electron chi connectivity index (χ4n) is 6.38. The summed E-state index contributed by atoms with van der Waals surface area (Å²) >= 11 is 0. The van der Waals surface area contributed by atoms with E-state index in [2.05, 4.69) is 6.07 Å². The van der Waals surface area contributed by atoms with E-state index in [1.54, 1.807) is 0 Å². The Labute approximate surface area is 289 Å². The number of nitrogens with zero attached hydrogens (tertiary/aromatic N) is 4. The van der Waals surface area contributed by atoms with Crippen LogP contribution in [0.4, 0.5) is 0 Å². The Hall–Kier alpha value is -6.59. The Bertz CT molecular complexity index is 3410. The quantitative estimate of drug-likeness (QED) is 0.195. The summed E-state index contributed by atoms with van der Waals surface area (Å²) in [5, 5.41) is 1.80. The van der Waals surface area contributed by atoms with Crippen molar-refractivity contribution >= 4 is 54.5 Å². The lowest BCUT2D eigenvalue weighted by Crippen LogP contribution is -2.06. The molecule has 0 aliphatic heterocycles. The second kappa shape index (κ2) is 10.5. The van der Waals surface area contributed by atoms with Gasteiger partial charge in [-0.15, -0.1) is 0 Å². The molecule has 5 nitrogen and oxygen atoms in total. The summed E-state index contributed by atoms with van der Waals surface area (Å²) in [6.45, 7) is 0. The van der Waals surface area contributed by atoms with Gasteiger partial charge in [-0.3, -0.25) is 4.57 Å². The fourth-order valence-corrected chi connectivity index (χ4v) is 6.38. The van der Waals surface area contributed by atoms with Gasteiger partial charge in [0.05, 0.1) is 19.2 Å². The molecule has 0 bridgehead atoms. The van der Waals surface area contributed by atoms with Gasteiger partial charge in [-0.1, -0.05) is 133 Å². The number of furan rings is 1. The van der Waals surface area contributed by atoms with Crippen LogP contribution in [-0.4, -0.2) is 19.5 Å². The molecule has 0 aliphatic carbocycles. The van der Waals surface area contributed by atoms with Crippen molar-refractivity contribution in [3.63, 3.8) is 0 Å². The Morgan fingerprint density at radius 2 is 1.21 bits per heavy atom. The van der Waals surface area contributed by atoms with E-state index in [9.17, 15) is 2.74 Å². The van der Waals surface area contributed by atoms with E-state index in [1.807, 2.05) is 91.0 Å². The Morgan fingerprint density at radius 1 is 0.521 bits per heavy atom. The van der Waals surface area contributed by atoms with E-state index in [-0.39, 0.29) is 61.3 Å². The molecule has 0 atom stereocenters. The van der Waals surface area contributed by atoms with Gasteiger partial charge in [0.15, 0.2) is 17.2 Å². The van der Waals surface area contributed by atoms with Crippen molar-refractivity contribution in [3.05, 3.63) is 157 Å². The number of hydrogen-bond acceptors (Lipinski definition) is 4. The van der Waals surface area contributed by atoms with Crippen molar-refractivity contribution in [1.29, 1.82) is 0 Å². The summed E-state index contributed by atoms with van der Waals surface area (Å²) in [4.78, 5) is 14.8. The third-order valence-electron chi connectivity index (χ3n) is 8.54. The van der Waals surface area contributed by atoms with Gasteiger partial charge in [0.2, 0.25) is 5.95 Å². The van der Waals surface area contributed by atoms with E-state index < -0.39 is 60.4 Å². The molecule has 3 heterocycles. The van der Waals surface area contributed by atoms with Crippen LogP contribution in [0.5, 0.6) is 0 Å². The lowest BCUT2D eigenvalue weighted by molar-refractivity contribution is 0.670. The third-order valence-corrected chi connectivity index (χ3v) is 8.54. The average molecular weight is 625 g/mol. The average Bonchev–Trinajstić information content (AvgIpc) is 3.84. The van der Waals surface area contributed by atoms with Crippen LogP contribution in [0.1, 0.15) is 13.7 Å². The molecular formula is C43H26N4O. The highest BCUT2D eigenvalue weighted by atomic mass is 16.3. The zero-order valence-corrected chi connectivity index (χ0v) is 24.9. The first kappa shape index (κ1) is 18.5. The number of fused-ring (bicyclic) bond motifs is 8. The predicted molar refractivity (Wildman–Crippen MR) is 195 cm³/mol. The van der Waals surface area contributed by atoms with Crippen molar-refractivity contribution in [2.24, 2.45) is 0 Å². The summed E-state index contributed by atoms with van der Waals surface area (Å²) in [6, 6.07) is 26.0. The molecular weight excluding hydrogens is 589 g/mol. The summed E-state index contributed by atoms with van der Waals surface area (Å²) < 4.78 is 95.9. The minimum absolute atomic E-state index is 0.00766. The van der Waals surface area contributed by atoms with Crippen molar-refractivity contribution in [2.45, 2.75) is 0 Å². The lowest BCUT2D eigenvalue weighted by atomic mass is 9.97. The highest BCUT2D eigenvalue weighted by molar-refractivity contribution is 6.21. The zero-order chi connectivity index (χ0) is 40.3. The Kier molecular flexibility index (Phi) is 4.04. The lowest BCUT2D eigenvalue weighted by Gasteiger charge is -2.12. The Balaban J connectivity index is 1.37.